The largest absolute Gasteiger partial charge is 0.504 e. The summed E-state index contributed by atoms with van der Waals surface area (Å²) < 4.78 is 10.1. The monoisotopic (exact) mass is 358 g/mol. The molecule has 1 fully saturated rings. The molecule has 2 aromatic rings. The Hall–Kier alpha value is -2.80. The molecule has 1 aliphatic carbocycles. The zero-order valence-electron chi connectivity index (χ0n) is 14.7. The summed E-state index contributed by atoms with van der Waals surface area (Å²) in [7, 11) is 2.99. The zero-order chi connectivity index (χ0) is 18.7. The number of phenols is 1. The fourth-order valence-electron chi connectivity index (χ4n) is 3.13. The fourth-order valence-corrected chi connectivity index (χ4v) is 3.13. The van der Waals surface area contributed by atoms with Gasteiger partial charge in [0.2, 0.25) is 5.88 Å². The van der Waals surface area contributed by atoms with Crippen molar-refractivity contribution in [3.63, 3.8) is 0 Å². The van der Waals surface area contributed by atoms with Gasteiger partial charge in [0.15, 0.2) is 11.5 Å². The van der Waals surface area contributed by atoms with E-state index in [1.165, 1.54) is 13.2 Å². The molecule has 26 heavy (non-hydrogen) atoms. The van der Waals surface area contributed by atoms with Gasteiger partial charge >= 0.3 is 0 Å². The van der Waals surface area contributed by atoms with Crippen molar-refractivity contribution in [1.29, 1.82) is 0 Å². The van der Waals surface area contributed by atoms with E-state index in [1.807, 2.05) is 6.07 Å². The number of phenolic OH excluding ortho intramolecular Hbond substituents is 1. The van der Waals surface area contributed by atoms with Gasteiger partial charge < -0.3 is 25.0 Å². The Morgan fingerprint density at radius 3 is 2.54 bits per heavy atom. The van der Waals surface area contributed by atoms with Crippen LogP contribution in [0.25, 0.3) is 0 Å². The first-order valence-electron chi connectivity index (χ1n) is 8.37. The van der Waals surface area contributed by atoms with Crippen LogP contribution in [0.3, 0.4) is 0 Å². The van der Waals surface area contributed by atoms with Gasteiger partial charge in [-0.1, -0.05) is 6.07 Å². The molecule has 7 heteroatoms. The minimum Gasteiger partial charge on any atom is -0.504 e. The predicted molar refractivity (Wildman–Crippen MR) is 94.4 cm³/mol. The van der Waals surface area contributed by atoms with Crippen LogP contribution in [0.15, 0.2) is 36.5 Å². The number of aromatic hydroxyl groups is 1. The van der Waals surface area contributed by atoms with Gasteiger partial charge in [0, 0.05) is 17.8 Å². The van der Waals surface area contributed by atoms with Crippen LogP contribution in [-0.2, 0) is 0 Å². The van der Waals surface area contributed by atoms with Crippen LogP contribution in [0, 0.1) is 5.92 Å². The van der Waals surface area contributed by atoms with Gasteiger partial charge in [-0.2, -0.15) is 0 Å². The molecule has 0 radical (unpaired) electrons. The highest BCUT2D eigenvalue weighted by Crippen LogP contribution is 2.38. The van der Waals surface area contributed by atoms with Gasteiger partial charge in [-0.25, -0.2) is 4.98 Å². The molecular formula is C19H22N2O5. The molecule has 7 nitrogen and oxygen atoms in total. The SMILES string of the molecule is COc1ccc(C(NC(=O)c2ccc(OC)c(O)c2)C2CC(O)C2)cn1. The minimum absolute atomic E-state index is 0.0955. The lowest BCUT2D eigenvalue weighted by Gasteiger charge is -2.38. The Morgan fingerprint density at radius 2 is 2.00 bits per heavy atom. The summed E-state index contributed by atoms with van der Waals surface area (Å²) in [6.07, 6.45) is 2.56. The number of aromatic nitrogens is 1. The molecule has 1 saturated carbocycles. The Bertz CT molecular complexity index is 772. The second-order valence-electron chi connectivity index (χ2n) is 6.36. The van der Waals surface area contributed by atoms with E-state index in [0.717, 1.165) is 5.56 Å². The number of hydrogen-bond donors (Lipinski definition) is 3. The van der Waals surface area contributed by atoms with Crippen molar-refractivity contribution in [1.82, 2.24) is 10.3 Å². The van der Waals surface area contributed by atoms with Crippen LogP contribution >= 0.6 is 0 Å². The van der Waals surface area contributed by atoms with Crippen LogP contribution < -0.4 is 14.8 Å². The maximum absolute atomic E-state index is 12.7. The lowest BCUT2D eigenvalue weighted by atomic mass is 9.75. The third-order valence-electron chi connectivity index (χ3n) is 4.68. The Labute approximate surface area is 151 Å². The number of rotatable bonds is 6. The number of nitrogens with one attached hydrogen (secondary N) is 1. The second-order valence-corrected chi connectivity index (χ2v) is 6.36. The van der Waals surface area contributed by atoms with E-state index in [-0.39, 0.29) is 29.7 Å². The highest BCUT2D eigenvalue weighted by molar-refractivity contribution is 5.95. The summed E-state index contributed by atoms with van der Waals surface area (Å²) in [5.41, 5.74) is 1.17. The van der Waals surface area contributed by atoms with Crippen LogP contribution in [-0.4, -0.2) is 41.4 Å². The molecule has 1 heterocycles. The first-order valence-corrected chi connectivity index (χ1v) is 8.37. The van der Waals surface area contributed by atoms with Crippen molar-refractivity contribution >= 4 is 5.91 Å². The van der Waals surface area contributed by atoms with Crippen molar-refractivity contribution in [2.24, 2.45) is 5.92 Å². The Kier molecular flexibility index (Phi) is 5.27. The van der Waals surface area contributed by atoms with Crippen molar-refractivity contribution in [2.45, 2.75) is 25.0 Å². The average molecular weight is 358 g/mol. The molecule has 0 spiro atoms. The summed E-state index contributed by atoms with van der Waals surface area (Å²) in [5, 5.41) is 22.5. The summed E-state index contributed by atoms with van der Waals surface area (Å²) in [4.78, 5) is 16.9. The number of benzene rings is 1. The molecule has 1 aromatic carbocycles. The maximum atomic E-state index is 12.7. The van der Waals surface area contributed by atoms with E-state index >= 15 is 0 Å². The number of pyridine rings is 1. The number of amides is 1. The number of carbonyl (C=O) groups is 1. The molecule has 138 valence electrons. The highest BCUT2D eigenvalue weighted by atomic mass is 16.5. The minimum atomic E-state index is -0.337. The van der Waals surface area contributed by atoms with E-state index in [9.17, 15) is 15.0 Å². The fraction of sp³-hybridized carbons (Fsp3) is 0.368. The third-order valence-corrected chi connectivity index (χ3v) is 4.68. The molecule has 1 amide bonds. The molecule has 0 bridgehead atoms. The number of hydrogen-bond acceptors (Lipinski definition) is 6. The topological polar surface area (TPSA) is 101 Å². The van der Waals surface area contributed by atoms with Crippen molar-refractivity contribution in [3.05, 3.63) is 47.7 Å². The average Bonchev–Trinajstić information content (AvgIpc) is 2.63. The normalized spacial score (nSPS) is 20.0. The van der Waals surface area contributed by atoms with E-state index in [4.69, 9.17) is 9.47 Å². The second kappa shape index (κ2) is 7.61. The summed E-state index contributed by atoms with van der Waals surface area (Å²) >= 11 is 0. The number of nitrogens with zero attached hydrogens (tertiary/aromatic N) is 1. The summed E-state index contributed by atoms with van der Waals surface area (Å²) in [6, 6.07) is 7.81. The smallest absolute Gasteiger partial charge is 0.251 e. The van der Waals surface area contributed by atoms with Gasteiger partial charge in [-0.3, -0.25) is 4.79 Å². The van der Waals surface area contributed by atoms with Crippen molar-refractivity contribution in [2.75, 3.05) is 14.2 Å². The van der Waals surface area contributed by atoms with E-state index in [1.54, 1.807) is 31.5 Å². The molecular weight excluding hydrogens is 336 g/mol. The molecule has 1 atom stereocenters. The molecule has 3 N–H and O–H groups in total. The van der Waals surface area contributed by atoms with Crippen molar-refractivity contribution < 1.29 is 24.5 Å². The lowest BCUT2D eigenvalue weighted by Crippen LogP contribution is -2.41. The zero-order valence-corrected chi connectivity index (χ0v) is 14.7. The van der Waals surface area contributed by atoms with E-state index in [2.05, 4.69) is 10.3 Å². The van der Waals surface area contributed by atoms with Gasteiger partial charge in [0.25, 0.3) is 5.91 Å². The standard InChI is InChI=1S/C19H22N2O5/c1-25-16-5-3-11(9-15(16)23)19(24)21-18(13-7-14(22)8-13)12-4-6-17(26-2)20-10-12/h3-6,9-10,13-14,18,22-23H,7-8H2,1-2H3,(H,21,24). The lowest BCUT2D eigenvalue weighted by molar-refractivity contribution is 0.0234. The quantitative estimate of drug-likeness (QED) is 0.731. The number of carbonyl (C=O) groups excluding carboxylic acids is 1. The van der Waals surface area contributed by atoms with Crippen LogP contribution in [0.5, 0.6) is 17.4 Å². The number of methoxy groups -OCH3 is 2. The van der Waals surface area contributed by atoms with E-state index in [0.29, 0.717) is 30.0 Å². The number of aliphatic hydroxyl groups excluding tert-OH is 1. The maximum Gasteiger partial charge on any atom is 0.251 e. The van der Waals surface area contributed by atoms with Crippen molar-refractivity contribution in [3.8, 4) is 17.4 Å². The number of ether oxygens (including phenoxy) is 2. The Morgan fingerprint density at radius 1 is 1.23 bits per heavy atom. The molecule has 0 aliphatic heterocycles. The van der Waals surface area contributed by atoms with Crippen LogP contribution in [0.4, 0.5) is 0 Å². The molecule has 1 aliphatic rings. The van der Waals surface area contributed by atoms with Gasteiger partial charge in [0.05, 0.1) is 26.4 Å². The summed E-state index contributed by atoms with van der Waals surface area (Å²) in [5.74, 6) is 0.509. The molecule has 3 rings (SSSR count). The first-order chi connectivity index (χ1) is 12.5. The van der Waals surface area contributed by atoms with E-state index < -0.39 is 0 Å². The molecule has 0 saturated heterocycles. The van der Waals surface area contributed by atoms with Gasteiger partial charge in [0.1, 0.15) is 0 Å². The molecule has 1 aromatic heterocycles. The highest BCUT2D eigenvalue weighted by Gasteiger charge is 2.36. The van der Waals surface area contributed by atoms with Crippen LogP contribution in [0.1, 0.15) is 34.8 Å². The predicted octanol–water partition coefficient (Wildman–Crippen LogP) is 2.05. The summed E-state index contributed by atoms with van der Waals surface area (Å²) in [6.45, 7) is 0. The van der Waals surface area contributed by atoms with Gasteiger partial charge in [-0.05, 0) is 42.5 Å². The molecule has 1 unspecified atom stereocenters. The van der Waals surface area contributed by atoms with Gasteiger partial charge in [-0.15, -0.1) is 0 Å². The Balaban J connectivity index is 1.80. The third kappa shape index (κ3) is 3.72. The first kappa shape index (κ1) is 18.0. The number of aliphatic hydroxyl groups is 1. The van der Waals surface area contributed by atoms with Crippen LogP contribution in [0.2, 0.25) is 0 Å².